The summed E-state index contributed by atoms with van der Waals surface area (Å²) in [6.45, 7) is 7.18. The standard InChI is InChI=1S/C46H54N2O5/c1-31(33-13-9-6-10-14-33)47-41(51)48(29-32-11-7-5-8-12-32)30-45(52)24-21-39-43(45,3)23-20-38-42(2)22-19-35(49)27-44(42)25-26-46(38,39)37(28-44)40(50)34-15-17-36(53-4)18-16-34/h5-18,25-26,28,31,35,38-39,49,52H,19-24,27,29-30H2,1-4H3,(H,47,51)/t31-,35?,38-,39-,42-,43+,44+,45-,46-/m1/s1. The normalized spacial score (nSPS) is 35.7. The predicted octanol–water partition coefficient (Wildman–Crippen LogP) is 8.44. The van der Waals surface area contributed by atoms with Gasteiger partial charge < -0.3 is 25.2 Å². The number of nitrogens with one attached hydrogen (secondary N) is 1. The van der Waals surface area contributed by atoms with Gasteiger partial charge in [0.1, 0.15) is 5.75 Å². The molecular weight excluding hydrogens is 661 g/mol. The van der Waals surface area contributed by atoms with Crippen LogP contribution < -0.4 is 10.1 Å². The second-order valence-corrected chi connectivity index (χ2v) is 17.3. The number of methoxy groups -OCH3 is 1. The first-order valence-electron chi connectivity index (χ1n) is 19.6. The van der Waals surface area contributed by atoms with Crippen LogP contribution in [-0.4, -0.2) is 52.3 Å². The Hall–Kier alpha value is -4.20. The highest BCUT2D eigenvalue weighted by molar-refractivity contribution is 6.10. The number of fused-ring (bicyclic) bond motifs is 1. The minimum absolute atomic E-state index is 0.0168. The maximum Gasteiger partial charge on any atom is 0.318 e. The van der Waals surface area contributed by atoms with Crippen molar-refractivity contribution in [3.63, 3.8) is 0 Å². The van der Waals surface area contributed by atoms with Crippen LogP contribution >= 0.6 is 0 Å². The van der Waals surface area contributed by atoms with Crippen molar-refractivity contribution in [3.8, 4) is 5.75 Å². The summed E-state index contributed by atoms with van der Waals surface area (Å²) in [5, 5.41) is 27.4. The van der Waals surface area contributed by atoms with Crippen molar-refractivity contribution in [2.45, 2.75) is 90.0 Å². The Morgan fingerprint density at radius 3 is 2.21 bits per heavy atom. The van der Waals surface area contributed by atoms with Gasteiger partial charge in [0.2, 0.25) is 0 Å². The zero-order valence-corrected chi connectivity index (χ0v) is 31.6. The van der Waals surface area contributed by atoms with E-state index < -0.39 is 27.9 Å². The van der Waals surface area contributed by atoms with Crippen LogP contribution in [0.1, 0.15) is 93.2 Å². The van der Waals surface area contributed by atoms with Crippen LogP contribution in [0, 0.1) is 33.5 Å². The van der Waals surface area contributed by atoms with Gasteiger partial charge in [-0.2, -0.15) is 0 Å². The highest BCUT2D eigenvalue weighted by Gasteiger charge is 2.74. The van der Waals surface area contributed by atoms with Crippen molar-refractivity contribution < 1.29 is 24.5 Å². The smallest absolute Gasteiger partial charge is 0.318 e. The van der Waals surface area contributed by atoms with Crippen molar-refractivity contribution in [1.29, 1.82) is 0 Å². The monoisotopic (exact) mass is 714 g/mol. The Kier molecular flexibility index (Phi) is 8.77. The number of carbonyl (C=O) groups is 2. The molecule has 3 saturated carbocycles. The maximum absolute atomic E-state index is 14.9. The van der Waals surface area contributed by atoms with Gasteiger partial charge in [-0.15, -0.1) is 0 Å². The fourth-order valence-corrected chi connectivity index (χ4v) is 11.9. The lowest BCUT2D eigenvalue weighted by molar-refractivity contribution is -0.174. The van der Waals surface area contributed by atoms with Gasteiger partial charge in [-0.05, 0) is 105 Å². The topological polar surface area (TPSA) is 99.1 Å². The highest BCUT2D eigenvalue weighted by atomic mass is 16.5. The van der Waals surface area contributed by atoms with Crippen LogP contribution in [0.15, 0.2) is 109 Å². The molecule has 278 valence electrons. The van der Waals surface area contributed by atoms with Crippen molar-refractivity contribution >= 4 is 11.8 Å². The molecule has 3 aromatic rings. The van der Waals surface area contributed by atoms with Gasteiger partial charge in [0.15, 0.2) is 5.78 Å². The summed E-state index contributed by atoms with van der Waals surface area (Å²) in [6.07, 6.45) is 11.7. The molecule has 9 rings (SSSR count). The number of amides is 2. The fourth-order valence-electron chi connectivity index (χ4n) is 11.9. The van der Waals surface area contributed by atoms with Crippen LogP contribution in [0.25, 0.3) is 0 Å². The zero-order valence-electron chi connectivity index (χ0n) is 31.6. The molecule has 0 aromatic heterocycles. The fraction of sp³-hybridized carbons (Fsp3) is 0.478. The van der Waals surface area contributed by atoms with E-state index in [1.165, 1.54) is 0 Å². The Bertz CT molecular complexity index is 1930. The molecule has 9 atom stereocenters. The lowest BCUT2D eigenvalue weighted by atomic mass is 9.32. The number of aliphatic hydroxyl groups is 2. The molecule has 6 aliphatic carbocycles. The summed E-state index contributed by atoms with van der Waals surface area (Å²) in [5.74, 6) is 0.885. The molecule has 3 fully saturated rings. The number of nitrogens with zero attached hydrogens (tertiary/aromatic N) is 1. The lowest BCUT2D eigenvalue weighted by Crippen LogP contribution is -2.67. The molecule has 3 aromatic carbocycles. The largest absolute Gasteiger partial charge is 0.497 e. The number of hydrogen-bond acceptors (Lipinski definition) is 5. The molecule has 0 saturated heterocycles. The van der Waals surface area contributed by atoms with E-state index in [-0.39, 0.29) is 41.7 Å². The molecule has 2 amide bonds. The van der Waals surface area contributed by atoms with Gasteiger partial charge in [-0.1, -0.05) is 92.7 Å². The van der Waals surface area contributed by atoms with Crippen LogP contribution in [0.3, 0.4) is 0 Å². The molecule has 7 heteroatoms. The molecule has 7 nitrogen and oxygen atoms in total. The van der Waals surface area contributed by atoms with E-state index in [0.717, 1.165) is 48.8 Å². The van der Waals surface area contributed by atoms with Crippen LogP contribution in [-0.2, 0) is 6.54 Å². The third-order valence-electron chi connectivity index (χ3n) is 14.9. The van der Waals surface area contributed by atoms with Gasteiger partial charge in [-0.25, -0.2) is 4.79 Å². The molecule has 1 unspecified atom stereocenters. The summed E-state index contributed by atoms with van der Waals surface area (Å²) in [7, 11) is 1.63. The Morgan fingerprint density at radius 2 is 1.51 bits per heavy atom. The summed E-state index contributed by atoms with van der Waals surface area (Å²) in [5.41, 5.74) is 0.593. The van der Waals surface area contributed by atoms with E-state index in [4.69, 9.17) is 4.74 Å². The molecule has 3 N–H and O–H groups in total. The van der Waals surface area contributed by atoms with E-state index in [1.54, 1.807) is 12.0 Å². The van der Waals surface area contributed by atoms with E-state index >= 15 is 0 Å². The van der Waals surface area contributed by atoms with Crippen molar-refractivity contribution in [2.24, 2.45) is 33.5 Å². The third kappa shape index (κ3) is 5.44. The summed E-state index contributed by atoms with van der Waals surface area (Å²) in [4.78, 5) is 31.0. The summed E-state index contributed by atoms with van der Waals surface area (Å²) >= 11 is 0. The molecule has 0 radical (unpaired) electrons. The number of ketones is 1. The second-order valence-electron chi connectivity index (χ2n) is 17.3. The number of rotatable bonds is 9. The average Bonchev–Trinajstić information content (AvgIpc) is 3.44. The molecule has 2 bridgehead atoms. The number of aliphatic hydroxyl groups excluding tert-OH is 1. The van der Waals surface area contributed by atoms with E-state index in [1.807, 2.05) is 91.9 Å². The van der Waals surface area contributed by atoms with Gasteiger partial charge in [0.05, 0.1) is 31.4 Å². The molecule has 53 heavy (non-hydrogen) atoms. The molecule has 2 spiro atoms. The van der Waals surface area contributed by atoms with Gasteiger partial charge >= 0.3 is 6.03 Å². The highest BCUT2D eigenvalue weighted by Crippen LogP contribution is 2.78. The zero-order chi connectivity index (χ0) is 37.2. The minimum Gasteiger partial charge on any atom is -0.497 e. The van der Waals surface area contributed by atoms with Crippen molar-refractivity contribution in [2.75, 3.05) is 13.7 Å². The Balaban J connectivity index is 1.17. The van der Waals surface area contributed by atoms with Crippen LogP contribution in [0.2, 0.25) is 0 Å². The molecule has 0 aliphatic heterocycles. The number of hydrogen-bond donors (Lipinski definition) is 3. The summed E-state index contributed by atoms with van der Waals surface area (Å²) in [6, 6.07) is 26.9. The quantitative estimate of drug-likeness (QED) is 0.153. The van der Waals surface area contributed by atoms with Gasteiger partial charge in [0, 0.05) is 33.9 Å². The van der Waals surface area contributed by atoms with E-state index in [2.05, 4.69) is 37.4 Å². The van der Waals surface area contributed by atoms with Crippen LogP contribution in [0.5, 0.6) is 5.75 Å². The Labute approximate surface area is 314 Å². The molecular formula is C46H54N2O5. The maximum atomic E-state index is 14.9. The molecule has 6 aliphatic rings. The number of urea groups is 1. The SMILES string of the molecule is COc1ccc(C(=O)C2=C[C@@]34C=C[C@@]25[C@@H]2CC[C@@](O)(CN(Cc6ccccc6)C(=O)N[C@H](C)c6ccccc6)[C@@]2(C)CC[C@@H]5[C@@]3(C)CCC(O)C4)cc1. The number of allylic oxidation sites excluding steroid dienone is 4. The first-order chi connectivity index (χ1) is 25.4. The third-order valence-corrected chi connectivity index (χ3v) is 14.9. The molecule has 0 heterocycles. The Morgan fingerprint density at radius 1 is 0.868 bits per heavy atom. The van der Waals surface area contributed by atoms with Gasteiger partial charge in [0.25, 0.3) is 0 Å². The predicted molar refractivity (Wildman–Crippen MR) is 206 cm³/mol. The lowest BCUT2D eigenvalue weighted by Gasteiger charge is -2.71. The van der Waals surface area contributed by atoms with E-state index in [9.17, 15) is 19.8 Å². The first-order valence-corrected chi connectivity index (χ1v) is 19.6. The minimum atomic E-state index is -1.18. The first kappa shape index (κ1) is 35.8. The number of Topliss-reactive ketones (excluding diaryl/α,β-unsaturated/α-hetero) is 1. The number of ether oxygens (including phenoxy) is 1. The van der Waals surface area contributed by atoms with Crippen molar-refractivity contribution in [1.82, 2.24) is 10.2 Å². The van der Waals surface area contributed by atoms with Crippen molar-refractivity contribution in [3.05, 3.63) is 125 Å². The van der Waals surface area contributed by atoms with E-state index in [0.29, 0.717) is 30.7 Å². The number of carbonyl (C=O) groups excluding carboxylic acids is 2. The second kappa shape index (κ2) is 13.0. The van der Waals surface area contributed by atoms with Gasteiger partial charge in [-0.3, -0.25) is 4.79 Å². The van der Waals surface area contributed by atoms with Crippen LogP contribution in [0.4, 0.5) is 4.79 Å². The summed E-state index contributed by atoms with van der Waals surface area (Å²) < 4.78 is 5.42. The number of benzene rings is 3. The average molecular weight is 715 g/mol.